The number of hydrogen-bond donors (Lipinski definition) is 0. The van der Waals surface area contributed by atoms with Gasteiger partial charge in [-0.2, -0.15) is 12.1 Å². The van der Waals surface area contributed by atoms with Gasteiger partial charge in [-0.15, -0.1) is 56.9 Å². The molecule has 0 heterocycles. The Kier molecular flexibility index (Phi) is 10.6. The van der Waals surface area contributed by atoms with Crippen molar-refractivity contribution in [3.63, 3.8) is 0 Å². The van der Waals surface area contributed by atoms with Gasteiger partial charge in [-0.1, -0.05) is 122 Å². The van der Waals surface area contributed by atoms with Crippen LogP contribution in [0.5, 0.6) is 0 Å². The minimum absolute atomic E-state index is 0.120. The summed E-state index contributed by atoms with van der Waals surface area (Å²) in [5.74, 6) is 0. The second-order valence-corrected chi connectivity index (χ2v) is 17.2. The van der Waals surface area contributed by atoms with Crippen LogP contribution in [-0.2, 0) is 32.0 Å². The minimum atomic E-state index is 0.120. The molecule has 6 aromatic rings. The van der Waals surface area contributed by atoms with Gasteiger partial charge < -0.3 is 0 Å². The van der Waals surface area contributed by atoms with Crippen molar-refractivity contribution in [1.82, 2.24) is 0 Å². The molecular formula is C36H40SiTi. The maximum absolute atomic E-state index is 2.37. The quantitative estimate of drug-likeness (QED) is 0.143. The summed E-state index contributed by atoms with van der Waals surface area (Å²) in [5, 5.41) is 11.0. The standard InChI is InChI=1S/2C17H17.C2H6Si.Ti/c2*1-2-3-6-13-11-15-10-9-14-7-4-5-8-16(14)17(15)12-13;1-3-2;/h2*4-5,7-12H,2-3,6H2,1H3;1-2H3;/q2*-1;;+2. The molecule has 0 fully saturated rings. The van der Waals surface area contributed by atoms with Gasteiger partial charge >= 0.3 is 38.5 Å². The van der Waals surface area contributed by atoms with Gasteiger partial charge in [-0.3, -0.25) is 0 Å². The summed E-state index contributed by atoms with van der Waals surface area (Å²) in [5.41, 5.74) is 2.97. The molecule has 6 rings (SSSR count). The van der Waals surface area contributed by atoms with E-state index < -0.39 is 0 Å². The van der Waals surface area contributed by atoms with Crippen LogP contribution in [0.2, 0.25) is 13.1 Å². The van der Waals surface area contributed by atoms with Gasteiger partial charge in [0.05, 0.1) is 0 Å². The first-order valence-corrected chi connectivity index (χ1v) is 19.0. The molecule has 0 saturated heterocycles. The summed E-state index contributed by atoms with van der Waals surface area (Å²) >= 11 is 2.27. The summed E-state index contributed by atoms with van der Waals surface area (Å²) in [4.78, 5) is 0. The fraction of sp³-hybridized carbons (Fsp3) is 0.278. The first kappa shape index (κ1) is 28.6. The third-order valence-electron chi connectivity index (χ3n) is 6.99. The van der Waals surface area contributed by atoms with E-state index in [0.29, 0.717) is 0 Å². The van der Waals surface area contributed by atoms with E-state index in [-0.39, 0.29) is 6.19 Å². The van der Waals surface area contributed by atoms with Gasteiger partial charge in [0.25, 0.3) is 0 Å². The molecule has 6 aromatic carbocycles. The summed E-state index contributed by atoms with van der Waals surface area (Å²) in [6.07, 6.45) is 7.64. The zero-order chi connectivity index (χ0) is 26.9. The van der Waals surface area contributed by atoms with E-state index in [9.17, 15) is 0 Å². The van der Waals surface area contributed by atoms with Gasteiger partial charge in [0, 0.05) is 0 Å². The zero-order valence-corrected chi connectivity index (χ0v) is 26.0. The van der Waals surface area contributed by atoms with E-state index in [4.69, 9.17) is 0 Å². The Balaban J connectivity index is 0.000000156. The van der Waals surface area contributed by atoms with Crippen LogP contribution in [0.4, 0.5) is 0 Å². The second kappa shape index (κ2) is 14.1. The predicted octanol–water partition coefficient (Wildman–Crippen LogP) is 10.9. The van der Waals surface area contributed by atoms with E-state index in [0.717, 1.165) is 0 Å². The van der Waals surface area contributed by atoms with E-state index in [2.05, 4.69) is 143 Å². The molecule has 0 unspecified atom stereocenters. The van der Waals surface area contributed by atoms with Crippen LogP contribution >= 0.6 is 0 Å². The van der Waals surface area contributed by atoms with Crippen molar-refractivity contribution in [2.45, 2.75) is 65.5 Å². The molecule has 0 aliphatic heterocycles. The van der Waals surface area contributed by atoms with Crippen molar-refractivity contribution in [1.29, 1.82) is 0 Å². The number of hydrogen-bond acceptors (Lipinski definition) is 0. The molecule has 0 N–H and O–H groups in total. The SMILES string of the molecule is CCCCc1cc2ccc3ccccc3c2[cH-]1.CCCCc1cc2ccc3ccccc3c2[cH-]1.C[Si](C)=[Ti+2]. The number of rotatable bonds is 6. The van der Waals surface area contributed by atoms with Gasteiger partial charge in [0.15, 0.2) is 0 Å². The molecule has 0 aliphatic carbocycles. The molecule has 0 aliphatic rings. The van der Waals surface area contributed by atoms with Crippen LogP contribution in [0.25, 0.3) is 43.1 Å². The fourth-order valence-corrected chi connectivity index (χ4v) is 5.10. The van der Waals surface area contributed by atoms with Crippen molar-refractivity contribution in [3.05, 3.63) is 108 Å². The molecule has 0 atom stereocenters. The van der Waals surface area contributed by atoms with Crippen molar-refractivity contribution in [2.24, 2.45) is 0 Å². The average Bonchev–Trinajstić information content (AvgIpc) is 3.55. The number of benzene rings is 4. The Morgan fingerprint density at radius 3 is 1.34 bits per heavy atom. The van der Waals surface area contributed by atoms with Crippen molar-refractivity contribution < 1.29 is 19.2 Å². The van der Waals surface area contributed by atoms with Crippen LogP contribution in [-0.4, -0.2) is 6.19 Å². The van der Waals surface area contributed by atoms with E-state index in [1.54, 1.807) is 0 Å². The molecule has 38 heavy (non-hydrogen) atoms. The van der Waals surface area contributed by atoms with Crippen molar-refractivity contribution in [2.75, 3.05) is 0 Å². The molecular weight excluding hydrogens is 508 g/mol. The third kappa shape index (κ3) is 7.35. The zero-order valence-electron chi connectivity index (χ0n) is 23.5. The Morgan fingerprint density at radius 1 is 0.579 bits per heavy atom. The molecule has 0 aromatic heterocycles. The van der Waals surface area contributed by atoms with Crippen LogP contribution in [0.15, 0.2) is 97.1 Å². The number of fused-ring (bicyclic) bond motifs is 6. The van der Waals surface area contributed by atoms with Crippen LogP contribution < -0.4 is 0 Å². The van der Waals surface area contributed by atoms with Crippen LogP contribution in [0.1, 0.15) is 50.7 Å². The Labute approximate surface area is 241 Å². The van der Waals surface area contributed by atoms with Gasteiger partial charge in [-0.05, 0) is 12.8 Å². The maximum atomic E-state index is 2.37. The van der Waals surface area contributed by atoms with E-state index in [1.807, 2.05) is 0 Å². The summed E-state index contributed by atoms with van der Waals surface area (Å²) in [7, 11) is 0. The van der Waals surface area contributed by atoms with Crippen molar-refractivity contribution in [3.8, 4) is 0 Å². The first-order valence-electron chi connectivity index (χ1n) is 14.2. The monoisotopic (exact) mass is 548 g/mol. The third-order valence-corrected chi connectivity index (χ3v) is 6.99. The summed E-state index contributed by atoms with van der Waals surface area (Å²) in [6, 6.07) is 35.6. The molecule has 0 radical (unpaired) electrons. The molecule has 0 bridgehead atoms. The Hall–Kier alpha value is -2.45. The Bertz CT molecular complexity index is 1510. The normalized spacial score (nSPS) is 10.9. The molecule has 0 amide bonds. The topological polar surface area (TPSA) is 0 Å². The number of unbranched alkanes of at least 4 members (excludes halogenated alkanes) is 2. The van der Waals surface area contributed by atoms with Gasteiger partial charge in [0.2, 0.25) is 0 Å². The van der Waals surface area contributed by atoms with Gasteiger partial charge in [0.1, 0.15) is 0 Å². The average molecular weight is 549 g/mol. The fourth-order valence-electron chi connectivity index (χ4n) is 5.10. The van der Waals surface area contributed by atoms with Crippen molar-refractivity contribution >= 4 is 49.3 Å². The molecule has 0 saturated carbocycles. The second-order valence-electron chi connectivity index (χ2n) is 10.5. The number of aryl methyl sites for hydroxylation is 2. The van der Waals surface area contributed by atoms with E-state index in [1.165, 1.54) is 92.7 Å². The molecule has 0 spiro atoms. The van der Waals surface area contributed by atoms with Crippen LogP contribution in [0.3, 0.4) is 0 Å². The Morgan fingerprint density at radius 2 is 0.947 bits per heavy atom. The van der Waals surface area contributed by atoms with Gasteiger partial charge in [-0.25, -0.2) is 0 Å². The van der Waals surface area contributed by atoms with Crippen LogP contribution in [0, 0.1) is 0 Å². The predicted molar refractivity (Wildman–Crippen MR) is 169 cm³/mol. The summed E-state index contributed by atoms with van der Waals surface area (Å²) in [6.45, 7) is 9.03. The van der Waals surface area contributed by atoms with E-state index >= 15 is 0 Å². The summed E-state index contributed by atoms with van der Waals surface area (Å²) < 4.78 is 0. The molecule has 192 valence electrons. The molecule has 0 nitrogen and oxygen atoms in total. The molecule has 2 heteroatoms. The first-order chi connectivity index (χ1) is 18.5.